The summed E-state index contributed by atoms with van der Waals surface area (Å²) in [5.41, 5.74) is 0. The molecule has 0 spiro atoms. The van der Waals surface area contributed by atoms with Crippen LogP contribution in [-0.4, -0.2) is 193 Å². The SMILES string of the molecule is CC/C=C\C/C=C\C/C=C\C/C=C\CCC(=O)NC(COC1OC(CO)C(OC2OC(CO)C(OC3OC(CO)C(O)C(O)C3O)C(O)C2O)C(O)C1O)C(O)/C=C/CC/C=C/CCCCCCCCCCCCCCCCCCC. The van der Waals surface area contributed by atoms with Crippen LogP contribution in [0.1, 0.15) is 181 Å². The van der Waals surface area contributed by atoms with Crippen molar-refractivity contribution in [3.05, 3.63) is 72.9 Å². The standard InChI is InChI=1S/C62H107NO18/c1-3-5-7-9-11-13-15-17-18-19-20-21-22-23-24-25-26-28-29-31-33-35-37-39-46(67)45(63-50(68)40-38-36-34-32-30-27-16-14-12-10-8-6-4-2)44-76-60-56(74)53(71)58(48(42-65)78-60)81-62-57(75)54(72)59(49(43-66)79-62)80-61-55(73)52(70)51(69)47(41-64)77-61/h6,8,12,14,27,29-31,34,36-37,39,45-49,51-62,64-67,69-75H,3-5,7,9-11,13,15-26,28,32-33,35,38,40-44H2,1-2H3,(H,63,68)/b8-6-,14-12-,30-27-,31-29+,36-34-,39-37+. The van der Waals surface area contributed by atoms with E-state index in [-0.39, 0.29) is 12.3 Å². The lowest BCUT2D eigenvalue weighted by Gasteiger charge is -2.48. The Morgan fingerprint density at radius 3 is 1.37 bits per heavy atom. The molecule has 19 heteroatoms. The molecule has 0 saturated carbocycles. The van der Waals surface area contributed by atoms with Gasteiger partial charge in [-0.3, -0.25) is 4.79 Å². The highest BCUT2D eigenvalue weighted by Crippen LogP contribution is 2.33. The van der Waals surface area contributed by atoms with Gasteiger partial charge in [-0.25, -0.2) is 0 Å². The van der Waals surface area contributed by atoms with Crippen molar-refractivity contribution in [1.82, 2.24) is 5.32 Å². The van der Waals surface area contributed by atoms with Crippen LogP contribution in [0.25, 0.3) is 0 Å². The number of carbonyl (C=O) groups excluding carboxylic acids is 1. The van der Waals surface area contributed by atoms with Crippen LogP contribution in [0.4, 0.5) is 0 Å². The molecule has 468 valence electrons. The van der Waals surface area contributed by atoms with E-state index in [0.29, 0.717) is 19.3 Å². The third-order valence-electron chi connectivity index (χ3n) is 15.0. The van der Waals surface area contributed by atoms with E-state index in [0.717, 1.165) is 38.5 Å². The number of carbonyl (C=O) groups is 1. The molecule has 3 fully saturated rings. The van der Waals surface area contributed by atoms with Crippen LogP contribution in [-0.2, 0) is 33.2 Å². The number of rotatable bonds is 44. The number of ether oxygens (including phenoxy) is 6. The van der Waals surface area contributed by atoms with Crippen molar-refractivity contribution in [1.29, 1.82) is 0 Å². The largest absolute Gasteiger partial charge is 0.394 e. The van der Waals surface area contributed by atoms with Crippen molar-refractivity contribution in [3.8, 4) is 0 Å². The molecule has 0 aromatic carbocycles. The summed E-state index contributed by atoms with van der Waals surface area (Å²) in [6, 6.07) is -1.03. The number of hydrogen-bond acceptors (Lipinski definition) is 18. The molecule has 12 N–H and O–H groups in total. The Labute approximate surface area is 483 Å². The summed E-state index contributed by atoms with van der Waals surface area (Å²) in [7, 11) is 0. The molecule has 3 aliphatic rings. The van der Waals surface area contributed by atoms with Gasteiger partial charge >= 0.3 is 0 Å². The van der Waals surface area contributed by atoms with Gasteiger partial charge in [-0.1, -0.05) is 189 Å². The fraction of sp³-hybridized carbons (Fsp3) is 0.790. The molecule has 17 atom stereocenters. The fourth-order valence-corrected chi connectivity index (χ4v) is 9.98. The average molecular weight is 1150 g/mol. The first-order chi connectivity index (χ1) is 39.3. The minimum absolute atomic E-state index is 0.111. The van der Waals surface area contributed by atoms with E-state index in [4.69, 9.17) is 28.4 Å². The second-order valence-electron chi connectivity index (χ2n) is 21.8. The Bertz CT molecular complexity index is 1760. The zero-order valence-electron chi connectivity index (χ0n) is 48.7. The topological polar surface area (TPSA) is 307 Å². The third kappa shape index (κ3) is 28.3. The summed E-state index contributed by atoms with van der Waals surface area (Å²) >= 11 is 0. The van der Waals surface area contributed by atoms with Crippen molar-refractivity contribution in [2.24, 2.45) is 0 Å². The maximum absolute atomic E-state index is 13.3. The molecule has 81 heavy (non-hydrogen) atoms. The van der Waals surface area contributed by atoms with E-state index in [1.165, 1.54) is 103 Å². The van der Waals surface area contributed by atoms with E-state index in [2.05, 4.69) is 67.8 Å². The van der Waals surface area contributed by atoms with Gasteiger partial charge in [-0.05, 0) is 57.8 Å². The fourth-order valence-electron chi connectivity index (χ4n) is 9.98. The van der Waals surface area contributed by atoms with Crippen LogP contribution >= 0.6 is 0 Å². The molecular formula is C62H107NO18. The maximum Gasteiger partial charge on any atom is 0.220 e. The highest BCUT2D eigenvalue weighted by atomic mass is 16.8. The molecule has 3 saturated heterocycles. The molecule has 0 radical (unpaired) electrons. The zero-order chi connectivity index (χ0) is 59.0. The lowest BCUT2D eigenvalue weighted by molar-refractivity contribution is -0.379. The van der Waals surface area contributed by atoms with Crippen LogP contribution in [0.3, 0.4) is 0 Å². The van der Waals surface area contributed by atoms with Gasteiger partial charge in [0.25, 0.3) is 0 Å². The van der Waals surface area contributed by atoms with Gasteiger partial charge in [0, 0.05) is 6.42 Å². The number of aliphatic hydroxyl groups is 11. The first-order valence-electron chi connectivity index (χ1n) is 30.7. The molecule has 0 aromatic rings. The summed E-state index contributed by atoms with van der Waals surface area (Å²) in [5, 5.41) is 120. The number of hydrogen-bond donors (Lipinski definition) is 12. The normalized spacial score (nSPS) is 30.3. The Balaban J connectivity index is 1.51. The number of allylic oxidation sites excluding steroid dienone is 11. The van der Waals surface area contributed by atoms with E-state index in [1.54, 1.807) is 6.08 Å². The molecule has 3 heterocycles. The quantitative estimate of drug-likeness (QED) is 0.0253. The van der Waals surface area contributed by atoms with Crippen LogP contribution in [0.5, 0.6) is 0 Å². The highest BCUT2D eigenvalue weighted by molar-refractivity contribution is 5.76. The second-order valence-corrected chi connectivity index (χ2v) is 21.8. The first-order valence-corrected chi connectivity index (χ1v) is 30.7. The van der Waals surface area contributed by atoms with Gasteiger partial charge < -0.3 is 89.9 Å². The Hall–Kier alpha value is -2.77. The van der Waals surface area contributed by atoms with Crippen LogP contribution < -0.4 is 5.32 Å². The number of aliphatic hydroxyl groups excluding tert-OH is 11. The summed E-state index contributed by atoms with van der Waals surface area (Å²) in [4.78, 5) is 13.3. The van der Waals surface area contributed by atoms with Gasteiger partial charge in [-0.2, -0.15) is 0 Å². The molecule has 3 rings (SSSR count). The average Bonchev–Trinajstić information content (AvgIpc) is 3.51. The van der Waals surface area contributed by atoms with Gasteiger partial charge in [0.1, 0.15) is 73.2 Å². The lowest BCUT2D eigenvalue weighted by Crippen LogP contribution is -2.66. The monoisotopic (exact) mass is 1150 g/mol. The number of unbranched alkanes of at least 4 members (excludes halogenated alkanes) is 18. The Morgan fingerprint density at radius 2 is 0.864 bits per heavy atom. The van der Waals surface area contributed by atoms with E-state index in [9.17, 15) is 61.0 Å². The molecule has 17 unspecified atom stereocenters. The summed E-state index contributed by atoms with van der Waals surface area (Å²) in [6.07, 6.45) is 26.3. The lowest BCUT2D eigenvalue weighted by atomic mass is 9.96. The van der Waals surface area contributed by atoms with Crippen molar-refractivity contribution < 1.29 is 89.4 Å². The molecule has 0 aromatic heterocycles. The molecular weight excluding hydrogens is 1050 g/mol. The third-order valence-corrected chi connectivity index (χ3v) is 15.0. The number of nitrogens with one attached hydrogen (secondary N) is 1. The molecule has 1 amide bonds. The Kier molecular flexibility index (Phi) is 40.0. The van der Waals surface area contributed by atoms with Crippen LogP contribution in [0.15, 0.2) is 72.9 Å². The smallest absolute Gasteiger partial charge is 0.220 e. The summed E-state index contributed by atoms with van der Waals surface area (Å²) < 4.78 is 34.2. The predicted molar refractivity (Wildman–Crippen MR) is 309 cm³/mol. The van der Waals surface area contributed by atoms with Crippen molar-refractivity contribution in [3.63, 3.8) is 0 Å². The highest BCUT2D eigenvalue weighted by Gasteiger charge is 2.53. The number of amides is 1. The van der Waals surface area contributed by atoms with Crippen LogP contribution in [0.2, 0.25) is 0 Å². The maximum atomic E-state index is 13.3. The van der Waals surface area contributed by atoms with E-state index >= 15 is 0 Å². The van der Waals surface area contributed by atoms with Crippen molar-refractivity contribution in [2.75, 3.05) is 26.4 Å². The molecule has 19 nitrogen and oxygen atoms in total. The van der Waals surface area contributed by atoms with E-state index < -0.39 is 131 Å². The second kappa shape index (κ2) is 44.7. The van der Waals surface area contributed by atoms with Crippen LogP contribution in [0, 0.1) is 0 Å². The summed E-state index contributed by atoms with van der Waals surface area (Å²) in [6.45, 7) is 1.52. The Morgan fingerprint density at radius 1 is 0.457 bits per heavy atom. The van der Waals surface area contributed by atoms with Gasteiger partial charge in [0.15, 0.2) is 18.9 Å². The first kappa shape index (κ1) is 72.5. The molecule has 0 aliphatic carbocycles. The molecule has 3 aliphatic heterocycles. The minimum Gasteiger partial charge on any atom is -0.394 e. The minimum atomic E-state index is -1.99. The van der Waals surface area contributed by atoms with E-state index in [1.807, 2.05) is 18.2 Å². The molecule has 0 bridgehead atoms. The zero-order valence-corrected chi connectivity index (χ0v) is 48.7. The summed E-state index contributed by atoms with van der Waals surface area (Å²) in [5.74, 6) is -0.368. The van der Waals surface area contributed by atoms with Crippen molar-refractivity contribution >= 4 is 5.91 Å². The van der Waals surface area contributed by atoms with Crippen molar-refractivity contribution in [2.45, 2.75) is 285 Å². The predicted octanol–water partition coefficient (Wildman–Crippen LogP) is 5.82. The van der Waals surface area contributed by atoms with Gasteiger partial charge in [-0.15, -0.1) is 0 Å². The van der Waals surface area contributed by atoms with Gasteiger partial charge in [0.2, 0.25) is 5.91 Å². The van der Waals surface area contributed by atoms with Gasteiger partial charge in [0.05, 0.1) is 38.6 Å².